The maximum atomic E-state index is 5.16. The molecule has 0 N–H and O–H groups in total. The summed E-state index contributed by atoms with van der Waals surface area (Å²) in [5, 5.41) is 9.76. The topological polar surface area (TPSA) is 51.6 Å². The van der Waals surface area contributed by atoms with E-state index in [-0.39, 0.29) is 0 Å². The minimum absolute atomic E-state index is 0.613. The first-order valence-corrected chi connectivity index (χ1v) is 19.5. The van der Waals surface area contributed by atoms with Gasteiger partial charge in [0.05, 0.1) is 0 Å². The summed E-state index contributed by atoms with van der Waals surface area (Å²) in [4.78, 5) is 19.9. The Labute approximate surface area is 335 Å². The zero-order chi connectivity index (χ0) is 38.4. The molecule has 9 aromatic carbocycles. The van der Waals surface area contributed by atoms with Gasteiger partial charge in [0.15, 0.2) is 17.5 Å². The molecular formula is C54H34N4. The summed E-state index contributed by atoms with van der Waals surface area (Å²) in [6, 6.07) is 68.5. The maximum Gasteiger partial charge on any atom is 0.164 e. The molecule has 4 heteroatoms. The van der Waals surface area contributed by atoms with E-state index in [1.54, 1.807) is 0 Å². The van der Waals surface area contributed by atoms with Crippen LogP contribution in [0.25, 0.3) is 111 Å². The molecule has 0 radical (unpaired) electrons. The predicted molar refractivity (Wildman–Crippen MR) is 240 cm³/mol. The van der Waals surface area contributed by atoms with Crippen molar-refractivity contribution in [3.63, 3.8) is 0 Å². The highest BCUT2D eigenvalue weighted by Crippen LogP contribution is 2.40. The van der Waals surface area contributed by atoms with Gasteiger partial charge < -0.3 is 0 Å². The first-order chi connectivity index (χ1) is 28.7. The van der Waals surface area contributed by atoms with Crippen LogP contribution in [0.2, 0.25) is 0 Å². The van der Waals surface area contributed by atoms with Crippen molar-refractivity contribution < 1.29 is 0 Å². The van der Waals surface area contributed by atoms with Crippen molar-refractivity contribution in [2.75, 3.05) is 0 Å². The largest absolute Gasteiger partial charge is 0.263 e. The lowest BCUT2D eigenvalue weighted by Crippen LogP contribution is -2.00. The molecule has 0 bridgehead atoms. The van der Waals surface area contributed by atoms with Crippen LogP contribution in [0.3, 0.4) is 0 Å². The second-order valence-corrected chi connectivity index (χ2v) is 14.7. The van der Waals surface area contributed by atoms with E-state index >= 15 is 0 Å². The average molecular weight is 739 g/mol. The zero-order valence-electron chi connectivity index (χ0n) is 31.4. The SMILES string of the molecule is c1ccc(-c2nc(-c3ccccc3)nc(-c3cc(-c4cccc(-c5cncc6ccccc56)c4)cc(-c4ccc5c6ccccc6c6ccccc6c5c4)c3)n2)cc1. The number of rotatable bonds is 6. The highest BCUT2D eigenvalue weighted by molar-refractivity contribution is 6.25. The van der Waals surface area contributed by atoms with Gasteiger partial charge in [-0.25, -0.2) is 15.0 Å². The number of nitrogens with zero attached hydrogens (tertiary/aromatic N) is 4. The lowest BCUT2D eigenvalue weighted by atomic mass is 9.90. The molecule has 0 saturated carbocycles. The second kappa shape index (κ2) is 14.0. The van der Waals surface area contributed by atoms with Crippen molar-refractivity contribution >= 4 is 43.1 Å². The Kier molecular flexibility index (Phi) is 8.11. The molecule has 0 aliphatic rings. The molecule has 0 aliphatic heterocycles. The lowest BCUT2D eigenvalue weighted by molar-refractivity contribution is 1.07. The van der Waals surface area contributed by atoms with E-state index in [9.17, 15) is 0 Å². The minimum atomic E-state index is 0.613. The zero-order valence-corrected chi connectivity index (χ0v) is 31.4. The Morgan fingerprint density at radius 3 is 1.29 bits per heavy atom. The maximum absolute atomic E-state index is 5.16. The molecule has 0 saturated heterocycles. The normalized spacial score (nSPS) is 11.4. The van der Waals surface area contributed by atoms with Crippen LogP contribution < -0.4 is 0 Å². The molecule has 11 aromatic rings. The first-order valence-electron chi connectivity index (χ1n) is 19.5. The Morgan fingerprint density at radius 1 is 0.241 bits per heavy atom. The van der Waals surface area contributed by atoms with E-state index in [4.69, 9.17) is 15.0 Å². The summed E-state index contributed by atoms with van der Waals surface area (Å²) >= 11 is 0. The van der Waals surface area contributed by atoms with Gasteiger partial charge in [0.25, 0.3) is 0 Å². The van der Waals surface area contributed by atoms with Crippen LogP contribution in [0.15, 0.2) is 207 Å². The van der Waals surface area contributed by atoms with E-state index in [0.717, 1.165) is 55.5 Å². The van der Waals surface area contributed by atoms with Gasteiger partial charge in [0, 0.05) is 40.0 Å². The van der Waals surface area contributed by atoms with Gasteiger partial charge in [-0.15, -0.1) is 0 Å². The molecule has 2 aromatic heterocycles. The smallest absolute Gasteiger partial charge is 0.164 e. The number of aromatic nitrogens is 4. The molecule has 58 heavy (non-hydrogen) atoms. The van der Waals surface area contributed by atoms with Crippen LogP contribution in [0, 0.1) is 0 Å². The first kappa shape index (κ1) is 33.5. The molecule has 270 valence electrons. The van der Waals surface area contributed by atoms with E-state index in [0.29, 0.717) is 17.5 Å². The fraction of sp³-hybridized carbons (Fsp3) is 0. The Hall–Kier alpha value is -7.82. The van der Waals surface area contributed by atoms with Gasteiger partial charge in [-0.3, -0.25) is 4.98 Å². The minimum Gasteiger partial charge on any atom is -0.263 e. The summed E-state index contributed by atoms with van der Waals surface area (Å²) in [6.07, 6.45) is 3.89. The fourth-order valence-corrected chi connectivity index (χ4v) is 8.33. The van der Waals surface area contributed by atoms with Gasteiger partial charge in [-0.05, 0) is 95.9 Å². The van der Waals surface area contributed by atoms with Crippen molar-refractivity contribution in [3.8, 4) is 67.5 Å². The molecule has 0 unspecified atom stereocenters. The van der Waals surface area contributed by atoms with Gasteiger partial charge in [-0.2, -0.15) is 0 Å². The molecular weight excluding hydrogens is 705 g/mol. The molecule has 4 nitrogen and oxygen atoms in total. The van der Waals surface area contributed by atoms with Crippen LogP contribution >= 0.6 is 0 Å². The van der Waals surface area contributed by atoms with Crippen LogP contribution in [-0.4, -0.2) is 19.9 Å². The van der Waals surface area contributed by atoms with Gasteiger partial charge in [0.1, 0.15) is 0 Å². The number of hydrogen-bond donors (Lipinski definition) is 0. The van der Waals surface area contributed by atoms with Gasteiger partial charge in [-0.1, -0.05) is 164 Å². The number of fused-ring (bicyclic) bond motifs is 7. The van der Waals surface area contributed by atoms with Crippen LogP contribution in [0.1, 0.15) is 0 Å². The lowest BCUT2D eigenvalue weighted by Gasteiger charge is -2.15. The third-order valence-electron chi connectivity index (χ3n) is 11.1. The van der Waals surface area contributed by atoms with Crippen LogP contribution in [0.5, 0.6) is 0 Å². The number of pyridine rings is 1. The molecule has 0 atom stereocenters. The standard InChI is InChI=1S/C54H34N4/c1-3-14-35(15-4-1)52-56-53(36-16-5-2-6-17-36)58-54(57-52)43-30-41(37-19-13-20-39(28-37)51-34-55-33-40-18-7-8-21-44(40)51)29-42(31-43)38-26-27-49-47-24-10-9-22-45(47)46-23-11-12-25-48(46)50(49)32-38/h1-34H. The molecule has 0 spiro atoms. The average Bonchev–Trinajstić information content (AvgIpc) is 3.31. The van der Waals surface area contributed by atoms with E-state index in [2.05, 4.69) is 138 Å². The fourth-order valence-electron chi connectivity index (χ4n) is 8.33. The number of benzene rings is 9. The van der Waals surface area contributed by atoms with Crippen molar-refractivity contribution in [3.05, 3.63) is 207 Å². The Morgan fingerprint density at radius 2 is 0.672 bits per heavy atom. The third kappa shape index (κ3) is 5.96. The van der Waals surface area contributed by atoms with Crippen molar-refractivity contribution in [1.29, 1.82) is 0 Å². The highest BCUT2D eigenvalue weighted by atomic mass is 15.0. The Bertz CT molecular complexity index is 3240. The summed E-state index contributed by atoms with van der Waals surface area (Å²) in [7, 11) is 0. The summed E-state index contributed by atoms with van der Waals surface area (Å²) in [5.41, 5.74) is 9.33. The Balaban J connectivity index is 1.15. The summed E-state index contributed by atoms with van der Waals surface area (Å²) < 4.78 is 0. The summed E-state index contributed by atoms with van der Waals surface area (Å²) in [6.45, 7) is 0. The number of hydrogen-bond acceptors (Lipinski definition) is 4. The van der Waals surface area contributed by atoms with E-state index < -0.39 is 0 Å². The monoisotopic (exact) mass is 738 g/mol. The van der Waals surface area contributed by atoms with Crippen molar-refractivity contribution in [2.24, 2.45) is 0 Å². The van der Waals surface area contributed by atoms with Gasteiger partial charge in [0.2, 0.25) is 0 Å². The second-order valence-electron chi connectivity index (χ2n) is 14.7. The molecule has 2 heterocycles. The van der Waals surface area contributed by atoms with Crippen LogP contribution in [0.4, 0.5) is 0 Å². The molecule has 0 fully saturated rings. The van der Waals surface area contributed by atoms with E-state index in [1.807, 2.05) is 73.1 Å². The van der Waals surface area contributed by atoms with Gasteiger partial charge >= 0.3 is 0 Å². The van der Waals surface area contributed by atoms with Crippen molar-refractivity contribution in [1.82, 2.24) is 19.9 Å². The van der Waals surface area contributed by atoms with Crippen LogP contribution in [-0.2, 0) is 0 Å². The molecule has 11 rings (SSSR count). The third-order valence-corrected chi connectivity index (χ3v) is 11.1. The quantitative estimate of drug-likeness (QED) is 0.159. The molecule has 0 amide bonds. The highest BCUT2D eigenvalue weighted by Gasteiger charge is 2.17. The molecule has 0 aliphatic carbocycles. The summed E-state index contributed by atoms with van der Waals surface area (Å²) in [5.74, 6) is 1.87. The predicted octanol–water partition coefficient (Wildman–Crippen LogP) is 13.9. The van der Waals surface area contributed by atoms with E-state index in [1.165, 1.54) is 37.7 Å². The van der Waals surface area contributed by atoms with Crippen molar-refractivity contribution in [2.45, 2.75) is 0 Å².